The second-order valence-corrected chi connectivity index (χ2v) is 6.14. The number of nitrogens with one attached hydrogen (secondary N) is 2. The Balaban J connectivity index is 1.89. The van der Waals surface area contributed by atoms with Gasteiger partial charge in [0.05, 0.1) is 12.4 Å². The number of imidazole rings is 1. The first kappa shape index (κ1) is 17.0. The summed E-state index contributed by atoms with van der Waals surface area (Å²) in [5, 5.41) is 25.7. The van der Waals surface area contributed by atoms with Crippen molar-refractivity contribution in [1.82, 2.24) is 19.5 Å². The van der Waals surface area contributed by atoms with Crippen molar-refractivity contribution < 1.29 is 10.2 Å². The molecule has 0 saturated heterocycles. The molecule has 3 aromatic rings. The standard InChI is InChI=1S/C17H22N6O2/c1-10-4-5-13(25)12(6-10)8-18-15-14-16(23(3)9-20-14)22-17(21-15)19-7-11(2)24/h4-6,9,11,24-25H,7-8H2,1-3H3,(H2,18,19,21,22). The summed E-state index contributed by atoms with van der Waals surface area (Å²) in [4.78, 5) is 13.2. The molecule has 8 nitrogen and oxygen atoms in total. The summed E-state index contributed by atoms with van der Waals surface area (Å²) in [7, 11) is 1.86. The summed E-state index contributed by atoms with van der Waals surface area (Å²) in [5.41, 5.74) is 3.18. The molecular weight excluding hydrogens is 320 g/mol. The van der Waals surface area contributed by atoms with Gasteiger partial charge in [-0.1, -0.05) is 17.7 Å². The third-order valence-corrected chi connectivity index (χ3v) is 3.80. The smallest absolute Gasteiger partial charge is 0.226 e. The number of aliphatic hydroxyl groups excluding tert-OH is 1. The molecule has 132 valence electrons. The monoisotopic (exact) mass is 342 g/mol. The highest BCUT2D eigenvalue weighted by molar-refractivity contribution is 5.84. The summed E-state index contributed by atoms with van der Waals surface area (Å²) in [6.45, 7) is 4.42. The maximum atomic E-state index is 10.00. The van der Waals surface area contributed by atoms with E-state index in [0.29, 0.717) is 36.0 Å². The third kappa shape index (κ3) is 3.80. The van der Waals surface area contributed by atoms with Crippen LogP contribution in [0.4, 0.5) is 11.8 Å². The lowest BCUT2D eigenvalue weighted by molar-refractivity contribution is 0.208. The largest absolute Gasteiger partial charge is 0.508 e. The van der Waals surface area contributed by atoms with Crippen LogP contribution in [0.25, 0.3) is 11.2 Å². The SMILES string of the molecule is Cc1ccc(O)c(CNc2nc(NCC(C)O)nc3c2ncn3C)c1. The Bertz CT molecular complexity index is 890. The van der Waals surface area contributed by atoms with Gasteiger partial charge in [-0.15, -0.1) is 0 Å². The highest BCUT2D eigenvalue weighted by Gasteiger charge is 2.13. The lowest BCUT2D eigenvalue weighted by atomic mass is 10.1. The van der Waals surface area contributed by atoms with E-state index in [9.17, 15) is 10.2 Å². The molecule has 8 heteroatoms. The van der Waals surface area contributed by atoms with Crippen molar-refractivity contribution in [3.63, 3.8) is 0 Å². The lowest BCUT2D eigenvalue weighted by Gasteiger charge is -2.12. The number of aliphatic hydroxyl groups is 1. The van der Waals surface area contributed by atoms with E-state index in [1.54, 1.807) is 23.9 Å². The molecule has 0 bridgehead atoms. The number of phenols is 1. The van der Waals surface area contributed by atoms with E-state index < -0.39 is 6.10 Å². The molecule has 4 N–H and O–H groups in total. The Hall–Kier alpha value is -2.87. The highest BCUT2D eigenvalue weighted by Crippen LogP contribution is 2.23. The summed E-state index contributed by atoms with van der Waals surface area (Å²) < 4.78 is 1.81. The fourth-order valence-corrected chi connectivity index (χ4v) is 2.48. The zero-order valence-electron chi connectivity index (χ0n) is 14.5. The van der Waals surface area contributed by atoms with Gasteiger partial charge in [0, 0.05) is 25.7 Å². The van der Waals surface area contributed by atoms with Gasteiger partial charge in [-0.25, -0.2) is 4.98 Å². The number of aromatic nitrogens is 4. The number of hydrogen-bond donors (Lipinski definition) is 4. The highest BCUT2D eigenvalue weighted by atomic mass is 16.3. The first-order valence-corrected chi connectivity index (χ1v) is 8.07. The number of benzene rings is 1. The molecule has 0 amide bonds. The predicted octanol–water partition coefficient (Wildman–Crippen LogP) is 1.78. The maximum absolute atomic E-state index is 10.00. The Morgan fingerprint density at radius 2 is 2.04 bits per heavy atom. The van der Waals surface area contributed by atoms with Crippen molar-refractivity contribution in [1.29, 1.82) is 0 Å². The Labute approximate surface area is 145 Å². The first-order chi connectivity index (χ1) is 11.9. The van der Waals surface area contributed by atoms with Gasteiger partial charge in [0.1, 0.15) is 5.75 Å². The Morgan fingerprint density at radius 3 is 2.80 bits per heavy atom. The summed E-state index contributed by atoms with van der Waals surface area (Å²) >= 11 is 0. The van der Waals surface area contributed by atoms with E-state index in [2.05, 4.69) is 25.6 Å². The number of aryl methyl sites for hydroxylation is 2. The second kappa shape index (κ2) is 6.94. The number of phenolic OH excluding ortho intramolecular Hbond substituents is 1. The van der Waals surface area contributed by atoms with Gasteiger partial charge in [-0.3, -0.25) is 0 Å². The molecule has 0 fully saturated rings. The molecule has 0 aliphatic rings. The fraction of sp³-hybridized carbons (Fsp3) is 0.353. The van der Waals surface area contributed by atoms with E-state index >= 15 is 0 Å². The molecule has 3 rings (SSSR count). The topological polar surface area (TPSA) is 108 Å². The van der Waals surface area contributed by atoms with Crippen molar-refractivity contribution in [2.45, 2.75) is 26.5 Å². The summed E-state index contributed by atoms with van der Waals surface area (Å²) in [5.74, 6) is 1.21. The fourth-order valence-electron chi connectivity index (χ4n) is 2.48. The van der Waals surface area contributed by atoms with Crippen molar-refractivity contribution in [3.8, 4) is 5.75 Å². The van der Waals surface area contributed by atoms with E-state index in [4.69, 9.17) is 0 Å². The van der Waals surface area contributed by atoms with Crippen LogP contribution in [0.15, 0.2) is 24.5 Å². The van der Waals surface area contributed by atoms with Gasteiger partial charge in [0.15, 0.2) is 17.0 Å². The molecule has 1 aromatic carbocycles. The van der Waals surface area contributed by atoms with Gasteiger partial charge in [0.25, 0.3) is 0 Å². The summed E-state index contributed by atoms with van der Waals surface area (Å²) in [6.07, 6.45) is 1.17. The molecule has 0 aliphatic heterocycles. The molecular formula is C17H22N6O2. The van der Waals surface area contributed by atoms with Gasteiger partial charge >= 0.3 is 0 Å². The lowest BCUT2D eigenvalue weighted by Crippen LogP contribution is -2.17. The Morgan fingerprint density at radius 1 is 1.24 bits per heavy atom. The number of fused-ring (bicyclic) bond motifs is 1. The van der Waals surface area contributed by atoms with E-state index in [1.165, 1.54) is 0 Å². The number of anilines is 2. The van der Waals surface area contributed by atoms with Gasteiger partial charge in [0.2, 0.25) is 5.95 Å². The van der Waals surface area contributed by atoms with E-state index in [1.807, 2.05) is 26.1 Å². The first-order valence-electron chi connectivity index (χ1n) is 8.07. The molecule has 1 unspecified atom stereocenters. The second-order valence-electron chi connectivity index (χ2n) is 6.14. The molecule has 25 heavy (non-hydrogen) atoms. The number of aromatic hydroxyl groups is 1. The number of rotatable bonds is 6. The predicted molar refractivity (Wildman–Crippen MR) is 96.6 cm³/mol. The van der Waals surface area contributed by atoms with Crippen LogP contribution in [0.1, 0.15) is 18.1 Å². The van der Waals surface area contributed by atoms with Crippen LogP contribution in [0, 0.1) is 6.92 Å². The number of hydrogen-bond acceptors (Lipinski definition) is 7. The van der Waals surface area contributed by atoms with Gasteiger partial charge in [-0.2, -0.15) is 9.97 Å². The average Bonchev–Trinajstić information content (AvgIpc) is 2.95. The molecule has 0 spiro atoms. The Kier molecular flexibility index (Phi) is 4.71. The van der Waals surface area contributed by atoms with Gasteiger partial charge in [-0.05, 0) is 19.9 Å². The van der Waals surface area contributed by atoms with Crippen LogP contribution in [-0.2, 0) is 13.6 Å². The minimum atomic E-state index is -0.508. The quantitative estimate of drug-likeness (QED) is 0.541. The molecule has 2 heterocycles. The van der Waals surface area contributed by atoms with E-state index in [-0.39, 0.29) is 5.75 Å². The minimum absolute atomic E-state index is 0.233. The van der Waals surface area contributed by atoms with Gasteiger partial charge < -0.3 is 25.4 Å². The van der Waals surface area contributed by atoms with Crippen molar-refractivity contribution >= 4 is 22.9 Å². The zero-order valence-corrected chi connectivity index (χ0v) is 14.5. The number of nitrogens with zero attached hydrogens (tertiary/aromatic N) is 4. The van der Waals surface area contributed by atoms with E-state index in [0.717, 1.165) is 11.1 Å². The van der Waals surface area contributed by atoms with Crippen LogP contribution >= 0.6 is 0 Å². The minimum Gasteiger partial charge on any atom is -0.508 e. The molecule has 0 saturated carbocycles. The van der Waals surface area contributed by atoms with Crippen LogP contribution in [0.5, 0.6) is 5.75 Å². The van der Waals surface area contributed by atoms with Crippen molar-refractivity contribution in [2.24, 2.45) is 7.05 Å². The van der Waals surface area contributed by atoms with Crippen molar-refractivity contribution in [3.05, 3.63) is 35.7 Å². The average molecular weight is 342 g/mol. The molecule has 2 aromatic heterocycles. The maximum Gasteiger partial charge on any atom is 0.226 e. The van der Waals surface area contributed by atoms with Crippen LogP contribution in [0.2, 0.25) is 0 Å². The third-order valence-electron chi connectivity index (χ3n) is 3.80. The molecule has 0 aliphatic carbocycles. The normalized spacial score (nSPS) is 12.3. The van der Waals surface area contributed by atoms with Crippen LogP contribution in [-0.4, -0.2) is 42.4 Å². The molecule has 1 atom stereocenters. The van der Waals surface area contributed by atoms with Crippen LogP contribution in [0.3, 0.4) is 0 Å². The van der Waals surface area contributed by atoms with Crippen molar-refractivity contribution in [2.75, 3.05) is 17.2 Å². The molecule has 0 radical (unpaired) electrons. The summed E-state index contributed by atoms with van der Waals surface area (Å²) in [6, 6.07) is 5.46. The van der Waals surface area contributed by atoms with Crippen LogP contribution < -0.4 is 10.6 Å². The zero-order chi connectivity index (χ0) is 18.0.